The van der Waals surface area contributed by atoms with Gasteiger partial charge in [-0.3, -0.25) is 4.90 Å². The maximum atomic E-state index is 14.5. The third kappa shape index (κ3) is 2.28. The lowest BCUT2D eigenvalue weighted by molar-refractivity contribution is 0.172. The van der Waals surface area contributed by atoms with Crippen molar-refractivity contribution in [3.63, 3.8) is 0 Å². The first-order valence-corrected chi connectivity index (χ1v) is 6.00. The monoisotopic (exact) mass is 264 g/mol. The van der Waals surface area contributed by atoms with Crippen molar-refractivity contribution in [1.29, 1.82) is 0 Å². The Bertz CT molecular complexity index is 613. The van der Waals surface area contributed by atoms with Gasteiger partial charge in [-0.1, -0.05) is 0 Å². The van der Waals surface area contributed by atoms with E-state index >= 15 is 0 Å². The number of aromatic nitrogens is 1. The number of amides is 1. The van der Waals surface area contributed by atoms with Gasteiger partial charge < -0.3 is 9.72 Å². The number of halogens is 1. The van der Waals surface area contributed by atoms with Gasteiger partial charge in [-0.2, -0.15) is 0 Å². The largest absolute Gasteiger partial charge is 0.452 e. The Morgan fingerprint density at radius 1 is 1.32 bits per heavy atom. The SMILES string of the molecule is COC(=O)N(c1ccc2[nH]ccc2c1F)C(C)(C)C. The molecule has 0 spiro atoms. The van der Waals surface area contributed by atoms with Gasteiger partial charge in [-0.25, -0.2) is 9.18 Å². The van der Waals surface area contributed by atoms with Crippen molar-refractivity contribution in [2.45, 2.75) is 26.3 Å². The first-order chi connectivity index (χ1) is 8.86. The minimum atomic E-state index is -0.585. The highest BCUT2D eigenvalue weighted by Crippen LogP contribution is 2.31. The lowest BCUT2D eigenvalue weighted by Gasteiger charge is -2.34. The molecule has 0 radical (unpaired) electrons. The smallest absolute Gasteiger partial charge is 0.414 e. The van der Waals surface area contributed by atoms with Gasteiger partial charge in [0, 0.05) is 22.6 Å². The molecule has 0 aliphatic rings. The number of hydrogen-bond acceptors (Lipinski definition) is 2. The highest BCUT2D eigenvalue weighted by Gasteiger charge is 2.31. The number of H-pyrrole nitrogens is 1. The molecular formula is C14H17FN2O2. The number of rotatable bonds is 1. The fourth-order valence-electron chi connectivity index (χ4n) is 2.08. The van der Waals surface area contributed by atoms with Crippen molar-refractivity contribution in [3.8, 4) is 0 Å². The first-order valence-electron chi connectivity index (χ1n) is 6.00. The van der Waals surface area contributed by atoms with Crippen molar-refractivity contribution in [2.75, 3.05) is 12.0 Å². The third-order valence-electron chi connectivity index (χ3n) is 2.92. The molecule has 0 saturated heterocycles. The van der Waals surface area contributed by atoms with E-state index in [-0.39, 0.29) is 5.69 Å². The van der Waals surface area contributed by atoms with Crippen molar-refractivity contribution in [3.05, 3.63) is 30.2 Å². The Labute approximate surface area is 111 Å². The summed E-state index contributed by atoms with van der Waals surface area (Å²) in [7, 11) is 1.29. The zero-order chi connectivity index (χ0) is 14.2. The number of carbonyl (C=O) groups is 1. The number of aromatic amines is 1. The molecule has 2 rings (SSSR count). The Kier molecular flexibility index (Phi) is 3.22. The summed E-state index contributed by atoms with van der Waals surface area (Å²) in [6, 6.07) is 4.97. The second-order valence-corrected chi connectivity index (χ2v) is 5.31. The lowest BCUT2D eigenvalue weighted by atomic mass is 10.0. The molecule has 0 aliphatic carbocycles. The van der Waals surface area contributed by atoms with E-state index in [0.29, 0.717) is 10.9 Å². The molecule has 0 bridgehead atoms. The number of nitrogens with one attached hydrogen (secondary N) is 1. The van der Waals surface area contributed by atoms with Crippen LogP contribution in [0.25, 0.3) is 10.9 Å². The molecule has 0 atom stereocenters. The van der Waals surface area contributed by atoms with Crippen LogP contribution in [0.3, 0.4) is 0 Å². The number of ether oxygens (including phenoxy) is 1. The molecule has 0 saturated carbocycles. The van der Waals surface area contributed by atoms with Crippen LogP contribution in [0.15, 0.2) is 24.4 Å². The molecule has 0 aliphatic heterocycles. The van der Waals surface area contributed by atoms with Gasteiger partial charge in [-0.05, 0) is 39.0 Å². The normalized spacial score (nSPS) is 11.6. The molecule has 0 unspecified atom stereocenters. The Morgan fingerprint density at radius 3 is 2.58 bits per heavy atom. The molecule has 0 fully saturated rings. The minimum absolute atomic E-state index is 0.214. The number of nitrogens with zero attached hydrogens (tertiary/aromatic N) is 1. The molecule has 2 aromatic rings. The molecule has 1 aromatic carbocycles. The van der Waals surface area contributed by atoms with Crippen LogP contribution >= 0.6 is 0 Å². The number of methoxy groups -OCH3 is 1. The predicted molar refractivity (Wildman–Crippen MR) is 72.9 cm³/mol. The summed E-state index contributed by atoms with van der Waals surface area (Å²) >= 11 is 0. The predicted octanol–water partition coefficient (Wildman–Crippen LogP) is 3.68. The van der Waals surface area contributed by atoms with Crippen LogP contribution in [0.1, 0.15) is 20.8 Å². The molecule has 1 N–H and O–H groups in total. The lowest BCUT2D eigenvalue weighted by Crippen LogP contribution is -2.46. The Morgan fingerprint density at radius 2 is 2.00 bits per heavy atom. The van der Waals surface area contributed by atoms with Crippen LogP contribution in [0.2, 0.25) is 0 Å². The summed E-state index contributed by atoms with van der Waals surface area (Å²) in [4.78, 5) is 16.2. The zero-order valence-corrected chi connectivity index (χ0v) is 11.5. The van der Waals surface area contributed by atoms with Crippen LogP contribution < -0.4 is 4.90 Å². The average Bonchev–Trinajstić information content (AvgIpc) is 2.79. The van der Waals surface area contributed by atoms with Gasteiger partial charge in [-0.15, -0.1) is 0 Å². The van der Waals surface area contributed by atoms with Crippen molar-refractivity contribution >= 4 is 22.7 Å². The number of benzene rings is 1. The van der Waals surface area contributed by atoms with Crippen LogP contribution in [-0.4, -0.2) is 23.7 Å². The van der Waals surface area contributed by atoms with Gasteiger partial charge in [0.25, 0.3) is 0 Å². The minimum Gasteiger partial charge on any atom is -0.452 e. The van der Waals surface area contributed by atoms with Crippen molar-refractivity contribution < 1.29 is 13.9 Å². The van der Waals surface area contributed by atoms with Gasteiger partial charge in [0.05, 0.1) is 12.8 Å². The Balaban J connectivity index is 2.62. The summed E-state index contributed by atoms with van der Waals surface area (Å²) < 4.78 is 19.3. The molecule has 1 heterocycles. The molecule has 102 valence electrons. The number of hydrogen-bond donors (Lipinski definition) is 1. The van der Waals surface area contributed by atoms with E-state index in [1.165, 1.54) is 12.0 Å². The van der Waals surface area contributed by atoms with Crippen molar-refractivity contribution in [1.82, 2.24) is 4.98 Å². The molecule has 4 nitrogen and oxygen atoms in total. The van der Waals surface area contributed by atoms with E-state index in [9.17, 15) is 9.18 Å². The highest BCUT2D eigenvalue weighted by molar-refractivity contribution is 5.93. The van der Waals surface area contributed by atoms with E-state index in [1.54, 1.807) is 24.4 Å². The topological polar surface area (TPSA) is 45.3 Å². The maximum absolute atomic E-state index is 14.5. The van der Waals surface area contributed by atoms with Crippen LogP contribution in [0.4, 0.5) is 14.9 Å². The first kappa shape index (κ1) is 13.4. The van der Waals surface area contributed by atoms with Crippen LogP contribution in [-0.2, 0) is 4.74 Å². The average molecular weight is 264 g/mol. The Hall–Kier alpha value is -2.04. The fourth-order valence-corrected chi connectivity index (χ4v) is 2.08. The van der Waals surface area contributed by atoms with E-state index in [0.717, 1.165) is 0 Å². The number of fused-ring (bicyclic) bond motifs is 1. The standard InChI is InChI=1S/C14H17FN2O2/c1-14(2,3)17(13(18)19-4)11-6-5-10-9(12(11)15)7-8-16-10/h5-8,16H,1-4H3. The van der Waals surface area contributed by atoms with Gasteiger partial charge in [0.15, 0.2) is 5.82 Å². The van der Waals surface area contributed by atoms with E-state index < -0.39 is 17.4 Å². The van der Waals surface area contributed by atoms with Crippen LogP contribution in [0.5, 0.6) is 0 Å². The molecular weight excluding hydrogens is 247 g/mol. The number of anilines is 1. The molecule has 1 aromatic heterocycles. The quantitative estimate of drug-likeness (QED) is 0.854. The summed E-state index contributed by atoms with van der Waals surface area (Å²) in [5.41, 5.74) is 0.323. The van der Waals surface area contributed by atoms with Crippen LogP contribution in [0, 0.1) is 5.82 Å². The second-order valence-electron chi connectivity index (χ2n) is 5.31. The summed E-state index contributed by atoms with van der Waals surface area (Å²) in [6.07, 6.45) is 1.08. The number of carbonyl (C=O) groups excluding carboxylic acids is 1. The molecule has 5 heteroatoms. The van der Waals surface area contributed by atoms with E-state index in [1.807, 2.05) is 20.8 Å². The summed E-state index contributed by atoms with van der Waals surface area (Å²) in [6.45, 7) is 5.47. The van der Waals surface area contributed by atoms with E-state index in [4.69, 9.17) is 4.74 Å². The zero-order valence-electron chi connectivity index (χ0n) is 11.5. The fraction of sp³-hybridized carbons (Fsp3) is 0.357. The molecule has 19 heavy (non-hydrogen) atoms. The van der Waals surface area contributed by atoms with Gasteiger partial charge in [0.1, 0.15) is 0 Å². The summed E-state index contributed by atoms with van der Waals surface area (Å²) in [5.74, 6) is -0.431. The second kappa shape index (κ2) is 4.57. The summed E-state index contributed by atoms with van der Waals surface area (Å²) in [5, 5.41) is 0.454. The third-order valence-corrected chi connectivity index (χ3v) is 2.92. The van der Waals surface area contributed by atoms with Crippen molar-refractivity contribution in [2.24, 2.45) is 0 Å². The molecule has 1 amide bonds. The van der Waals surface area contributed by atoms with Gasteiger partial charge in [0.2, 0.25) is 0 Å². The van der Waals surface area contributed by atoms with E-state index in [2.05, 4.69) is 4.98 Å². The maximum Gasteiger partial charge on any atom is 0.414 e. The highest BCUT2D eigenvalue weighted by atomic mass is 19.1. The van der Waals surface area contributed by atoms with Gasteiger partial charge >= 0.3 is 6.09 Å².